The standard InChI is InChI=1S/C23H18N4O/c1-14-21(22(27-26-14)17-5-3-2-4-6-17)16-9-7-15(8-10-16)19-11-18-12-20(28)25-23(18)24-13-19/h2-11,13H,12H2,1H3,(H,26,27)(H,24,25,28). The summed E-state index contributed by atoms with van der Waals surface area (Å²) in [6, 6.07) is 20.6. The molecule has 1 aliphatic rings. The van der Waals surface area contributed by atoms with Crippen LogP contribution in [0.3, 0.4) is 0 Å². The van der Waals surface area contributed by atoms with Crippen LogP contribution in [0.1, 0.15) is 11.3 Å². The zero-order chi connectivity index (χ0) is 19.1. The zero-order valence-corrected chi connectivity index (χ0v) is 15.4. The lowest BCUT2D eigenvalue weighted by Crippen LogP contribution is -2.04. The van der Waals surface area contributed by atoms with Crippen molar-refractivity contribution in [3.63, 3.8) is 0 Å². The molecule has 2 N–H and O–H groups in total. The van der Waals surface area contributed by atoms with Crippen LogP contribution in [-0.4, -0.2) is 21.1 Å². The summed E-state index contributed by atoms with van der Waals surface area (Å²) in [7, 11) is 0. The van der Waals surface area contributed by atoms with E-state index in [-0.39, 0.29) is 5.91 Å². The summed E-state index contributed by atoms with van der Waals surface area (Å²) >= 11 is 0. The van der Waals surface area contributed by atoms with Crippen molar-refractivity contribution in [1.29, 1.82) is 0 Å². The molecule has 2 aromatic carbocycles. The Morgan fingerprint density at radius 2 is 1.64 bits per heavy atom. The van der Waals surface area contributed by atoms with Gasteiger partial charge in [-0.05, 0) is 24.1 Å². The highest BCUT2D eigenvalue weighted by Crippen LogP contribution is 2.34. The first-order valence-corrected chi connectivity index (χ1v) is 9.19. The normalized spacial score (nSPS) is 12.7. The van der Waals surface area contributed by atoms with Crippen molar-refractivity contribution in [3.8, 4) is 33.5 Å². The van der Waals surface area contributed by atoms with Crippen molar-refractivity contribution in [2.24, 2.45) is 0 Å². The summed E-state index contributed by atoms with van der Waals surface area (Å²) in [5.41, 5.74) is 8.33. The lowest BCUT2D eigenvalue weighted by atomic mass is 9.97. The molecule has 5 rings (SSSR count). The Labute approximate surface area is 162 Å². The first-order chi connectivity index (χ1) is 13.7. The quantitative estimate of drug-likeness (QED) is 0.556. The number of hydrogen-bond acceptors (Lipinski definition) is 3. The number of nitrogens with zero attached hydrogens (tertiary/aromatic N) is 2. The van der Waals surface area contributed by atoms with Crippen molar-refractivity contribution in [3.05, 3.63) is 78.1 Å². The first-order valence-electron chi connectivity index (χ1n) is 9.19. The number of aryl methyl sites for hydroxylation is 1. The third-order valence-electron chi connectivity index (χ3n) is 5.08. The third kappa shape index (κ3) is 2.77. The van der Waals surface area contributed by atoms with Gasteiger partial charge in [-0.2, -0.15) is 5.10 Å². The van der Waals surface area contributed by atoms with Crippen LogP contribution >= 0.6 is 0 Å². The average molecular weight is 366 g/mol. The van der Waals surface area contributed by atoms with Gasteiger partial charge in [-0.25, -0.2) is 4.98 Å². The van der Waals surface area contributed by atoms with E-state index in [1.807, 2.05) is 31.2 Å². The van der Waals surface area contributed by atoms with Crippen LogP contribution in [0.25, 0.3) is 33.5 Å². The molecular weight excluding hydrogens is 348 g/mol. The average Bonchev–Trinajstić information content (AvgIpc) is 3.29. The number of amides is 1. The molecule has 28 heavy (non-hydrogen) atoms. The number of aromatic nitrogens is 3. The minimum atomic E-state index is -0.00104. The second-order valence-electron chi connectivity index (χ2n) is 6.97. The summed E-state index contributed by atoms with van der Waals surface area (Å²) in [6.45, 7) is 2.04. The van der Waals surface area contributed by atoms with Gasteiger partial charge in [0.2, 0.25) is 5.91 Å². The fourth-order valence-corrected chi connectivity index (χ4v) is 3.68. The Bertz CT molecular complexity index is 1180. The maximum Gasteiger partial charge on any atom is 0.230 e. The number of carbonyl (C=O) groups excluding carboxylic acids is 1. The van der Waals surface area contributed by atoms with E-state index in [0.29, 0.717) is 12.2 Å². The number of aromatic amines is 1. The van der Waals surface area contributed by atoms with Gasteiger partial charge in [-0.3, -0.25) is 9.89 Å². The van der Waals surface area contributed by atoms with Crippen molar-refractivity contribution in [2.45, 2.75) is 13.3 Å². The maximum atomic E-state index is 11.5. The SMILES string of the molecule is Cc1[nH]nc(-c2ccccc2)c1-c1ccc(-c2cnc3c(c2)CC(=O)N3)cc1. The van der Waals surface area contributed by atoms with Crippen molar-refractivity contribution in [1.82, 2.24) is 15.2 Å². The Morgan fingerprint density at radius 3 is 2.43 bits per heavy atom. The van der Waals surface area contributed by atoms with E-state index in [1.165, 1.54) is 0 Å². The summed E-state index contributed by atoms with van der Waals surface area (Å²) in [5, 5.41) is 10.4. The van der Waals surface area contributed by atoms with Crippen LogP contribution in [0, 0.1) is 6.92 Å². The number of anilines is 1. The van der Waals surface area contributed by atoms with Crippen molar-refractivity contribution >= 4 is 11.7 Å². The molecule has 5 nitrogen and oxygen atoms in total. The van der Waals surface area contributed by atoms with Gasteiger partial charge in [0.05, 0.1) is 6.42 Å². The van der Waals surface area contributed by atoms with Gasteiger partial charge in [0, 0.05) is 34.1 Å². The molecule has 4 aromatic rings. The van der Waals surface area contributed by atoms with E-state index in [0.717, 1.165) is 44.8 Å². The first kappa shape index (κ1) is 16.4. The van der Waals surface area contributed by atoms with Gasteiger partial charge in [0.15, 0.2) is 0 Å². The second-order valence-corrected chi connectivity index (χ2v) is 6.97. The number of fused-ring (bicyclic) bond motifs is 1. The topological polar surface area (TPSA) is 70.7 Å². The molecule has 136 valence electrons. The Hall–Kier alpha value is -3.73. The van der Waals surface area contributed by atoms with E-state index >= 15 is 0 Å². The molecule has 0 bridgehead atoms. The fraction of sp³-hybridized carbons (Fsp3) is 0.0870. The summed E-state index contributed by atoms with van der Waals surface area (Å²) in [4.78, 5) is 15.9. The minimum Gasteiger partial charge on any atom is -0.310 e. The highest BCUT2D eigenvalue weighted by Gasteiger charge is 2.19. The molecule has 0 radical (unpaired) electrons. The third-order valence-corrected chi connectivity index (χ3v) is 5.08. The Kier molecular flexibility index (Phi) is 3.79. The lowest BCUT2D eigenvalue weighted by molar-refractivity contribution is -0.115. The summed E-state index contributed by atoms with van der Waals surface area (Å²) < 4.78 is 0. The maximum absolute atomic E-state index is 11.5. The molecule has 0 atom stereocenters. The number of rotatable bonds is 3. The monoisotopic (exact) mass is 366 g/mol. The summed E-state index contributed by atoms with van der Waals surface area (Å²) in [5.74, 6) is 0.672. The predicted octanol–water partition coefficient (Wildman–Crippen LogP) is 4.61. The molecule has 0 aliphatic carbocycles. The number of benzene rings is 2. The van der Waals surface area contributed by atoms with E-state index < -0.39 is 0 Å². The van der Waals surface area contributed by atoms with E-state index in [4.69, 9.17) is 0 Å². The number of pyridine rings is 1. The van der Waals surface area contributed by atoms with Gasteiger partial charge < -0.3 is 5.32 Å². The van der Waals surface area contributed by atoms with Crippen LogP contribution in [0.15, 0.2) is 66.9 Å². The molecular formula is C23H18N4O. The van der Waals surface area contributed by atoms with Crippen LogP contribution in [-0.2, 0) is 11.2 Å². The second kappa shape index (κ2) is 6.46. The number of H-pyrrole nitrogens is 1. The molecule has 2 aromatic heterocycles. The predicted molar refractivity (Wildman–Crippen MR) is 110 cm³/mol. The highest BCUT2D eigenvalue weighted by molar-refractivity contribution is 5.98. The van der Waals surface area contributed by atoms with Gasteiger partial charge in [0.1, 0.15) is 11.5 Å². The Morgan fingerprint density at radius 1 is 0.893 bits per heavy atom. The minimum absolute atomic E-state index is 0.00104. The molecule has 5 heteroatoms. The van der Waals surface area contributed by atoms with Crippen LogP contribution < -0.4 is 5.32 Å². The highest BCUT2D eigenvalue weighted by atomic mass is 16.1. The van der Waals surface area contributed by atoms with Crippen molar-refractivity contribution in [2.75, 3.05) is 5.32 Å². The van der Waals surface area contributed by atoms with Gasteiger partial charge in [0.25, 0.3) is 0 Å². The molecule has 1 amide bonds. The lowest BCUT2D eigenvalue weighted by Gasteiger charge is -2.08. The van der Waals surface area contributed by atoms with Crippen LogP contribution in [0.5, 0.6) is 0 Å². The fourth-order valence-electron chi connectivity index (χ4n) is 3.68. The molecule has 0 saturated carbocycles. The van der Waals surface area contributed by atoms with Crippen LogP contribution in [0.2, 0.25) is 0 Å². The van der Waals surface area contributed by atoms with Gasteiger partial charge in [-0.1, -0.05) is 54.6 Å². The summed E-state index contributed by atoms with van der Waals surface area (Å²) in [6.07, 6.45) is 2.20. The van der Waals surface area contributed by atoms with E-state index in [9.17, 15) is 4.79 Å². The smallest absolute Gasteiger partial charge is 0.230 e. The van der Waals surface area contributed by atoms with E-state index in [2.05, 4.69) is 56.9 Å². The van der Waals surface area contributed by atoms with E-state index in [1.54, 1.807) is 6.20 Å². The number of nitrogens with one attached hydrogen (secondary N) is 2. The largest absolute Gasteiger partial charge is 0.310 e. The molecule has 3 heterocycles. The number of carbonyl (C=O) groups is 1. The molecule has 0 fully saturated rings. The van der Waals surface area contributed by atoms with Crippen LogP contribution in [0.4, 0.5) is 5.82 Å². The van der Waals surface area contributed by atoms with Gasteiger partial charge >= 0.3 is 0 Å². The van der Waals surface area contributed by atoms with Gasteiger partial charge in [-0.15, -0.1) is 0 Å². The number of hydrogen-bond donors (Lipinski definition) is 2. The molecule has 0 saturated heterocycles. The Balaban J connectivity index is 1.51. The molecule has 0 spiro atoms. The molecule has 1 aliphatic heterocycles. The molecule has 0 unspecified atom stereocenters. The zero-order valence-electron chi connectivity index (χ0n) is 15.4. The van der Waals surface area contributed by atoms with Crippen molar-refractivity contribution < 1.29 is 4.79 Å².